The maximum absolute atomic E-state index is 12.6. The van der Waals surface area contributed by atoms with Gasteiger partial charge in [-0.25, -0.2) is 0 Å². The zero-order chi connectivity index (χ0) is 10.1. The van der Waals surface area contributed by atoms with E-state index in [9.17, 15) is 13.2 Å². The SMILES string of the molecule is COC1(C(F)(F)F)CCCC(Br)C1. The number of rotatable bonds is 1. The van der Waals surface area contributed by atoms with Crippen molar-refractivity contribution in [1.29, 1.82) is 0 Å². The van der Waals surface area contributed by atoms with Gasteiger partial charge in [0.15, 0.2) is 5.60 Å². The minimum absolute atomic E-state index is 0.0208. The van der Waals surface area contributed by atoms with E-state index in [1.54, 1.807) is 0 Å². The van der Waals surface area contributed by atoms with Crippen LogP contribution in [0.3, 0.4) is 0 Å². The van der Waals surface area contributed by atoms with Crippen molar-refractivity contribution < 1.29 is 17.9 Å². The lowest BCUT2D eigenvalue weighted by Gasteiger charge is -2.39. The topological polar surface area (TPSA) is 9.23 Å². The Morgan fingerprint density at radius 3 is 2.38 bits per heavy atom. The van der Waals surface area contributed by atoms with E-state index in [1.165, 1.54) is 0 Å². The molecular formula is C8H12BrF3O. The van der Waals surface area contributed by atoms with Crippen LogP contribution in [0.25, 0.3) is 0 Å². The third kappa shape index (κ3) is 2.18. The largest absolute Gasteiger partial charge is 0.417 e. The van der Waals surface area contributed by atoms with Gasteiger partial charge < -0.3 is 4.74 Å². The van der Waals surface area contributed by atoms with Gasteiger partial charge in [-0.3, -0.25) is 0 Å². The highest BCUT2D eigenvalue weighted by atomic mass is 79.9. The summed E-state index contributed by atoms with van der Waals surface area (Å²) in [7, 11) is 1.14. The number of halogens is 4. The second-order valence-corrected chi connectivity index (χ2v) is 4.68. The first-order valence-electron chi connectivity index (χ1n) is 4.17. The Balaban J connectivity index is 2.79. The molecule has 0 aromatic rings. The number of hydrogen-bond acceptors (Lipinski definition) is 1. The Hall–Kier alpha value is 0.230. The van der Waals surface area contributed by atoms with Crippen LogP contribution in [0, 0.1) is 0 Å². The fourth-order valence-electron chi connectivity index (χ4n) is 1.73. The minimum Gasteiger partial charge on any atom is -0.369 e. The Morgan fingerprint density at radius 2 is 2.08 bits per heavy atom. The van der Waals surface area contributed by atoms with E-state index in [0.717, 1.165) is 13.5 Å². The fraction of sp³-hybridized carbons (Fsp3) is 1.00. The molecule has 1 aliphatic rings. The molecule has 13 heavy (non-hydrogen) atoms. The quantitative estimate of drug-likeness (QED) is 0.658. The van der Waals surface area contributed by atoms with Crippen molar-refractivity contribution in [1.82, 2.24) is 0 Å². The van der Waals surface area contributed by atoms with Crippen LogP contribution in [0.15, 0.2) is 0 Å². The molecule has 0 bridgehead atoms. The maximum Gasteiger partial charge on any atom is 0.417 e. The lowest BCUT2D eigenvalue weighted by molar-refractivity contribution is -0.278. The predicted octanol–water partition coefficient (Wildman–Crippen LogP) is 3.27. The van der Waals surface area contributed by atoms with Crippen LogP contribution >= 0.6 is 15.9 Å². The van der Waals surface area contributed by atoms with Gasteiger partial charge >= 0.3 is 6.18 Å². The van der Waals surface area contributed by atoms with Gasteiger partial charge in [-0.15, -0.1) is 0 Å². The van der Waals surface area contributed by atoms with Crippen LogP contribution in [0.1, 0.15) is 25.7 Å². The van der Waals surface area contributed by atoms with Gasteiger partial charge in [0.2, 0.25) is 0 Å². The first-order valence-corrected chi connectivity index (χ1v) is 5.09. The molecular weight excluding hydrogens is 249 g/mol. The molecule has 5 heteroatoms. The van der Waals surface area contributed by atoms with Gasteiger partial charge in [0, 0.05) is 11.9 Å². The summed E-state index contributed by atoms with van der Waals surface area (Å²) in [5, 5.41) is 0. The predicted molar refractivity (Wildman–Crippen MR) is 47.0 cm³/mol. The summed E-state index contributed by atoms with van der Waals surface area (Å²) >= 11 is 3.22. The third-order valence-corrected chi connectivity index (χ3v) is 3.34. The normalized spacial score (nSPS) is 36.2. The first kappa shape index (κ1) is 11.3. The van der Waals surface area contributed by atoms with Gasteiger partial charge in [0.25, 0.3) is 0 Å². The van der Waals surface area contributed by atoms with Gasteiger partial charge in [-0.05, 0) is 25.7 Å². The third-order valence-electron chi connectivity index (χ3n) is 2.56. The molecule has 0 aromatic heterocycles. The van der Waals surface area contributed by atoms with Crippen LogP contribution in [0.4, 0.5) is 13.2 Å². The first-order chi connectivity index (χ1) is 5.91. The minimum atomic E-state index is -4.26. The zero-order valence-electron chi connectivity index (χ0n) is 7.33. The summed E-state index contributed by atoms with van der Waals surface area (Å²) < 4.78 is 42.5. The molecule has 0 aliphatic heterocycles. The van der Waals surface area contributed by atoms with E-state index < -0.39 is 11.8 Å². The Kier molecular flexibility index (Phi) is 3.28. The molecule has 0 N–H and O–H groups in total. The van der Waals surface area contributed by atoms with E-state index in [-0.39, 0.29) is 17.7 Å². The molecule has 2 atom stereocenters. The van der Waals surface area contributed by atoms with Gasteiger partial charge in [0.05, 0.1) is 0 Å². The van der Waals surface area contributed by atoms with Crippen LogP contribution < -0.4 is 0 Å². The fourth-order valence-corrected chi connectivity index (χ4v) is 2.58. The highest BCUT2D eigenvalue weighted by Gasteiger charge is 2.56. The molecule has 1 fully saturated rings. The van der Waals surface area contributed by atoms with Crippen molar-refractivity contribution in [2.45, 2.75) is 42.3 Å². The van der Waals surface area contributed by atoms with Crippen molar-refractivity contribution in [3.63, 3.8) is 0 Å². The summed E-state index contributed by atoms with van der Waals surface area (Å²) in [6.07, 6.45) is -2.80. The van der Waals surface area contributed by atoms with E-state index in [2.05, 4.69) is 20.7 Å². The van der Waals surface area contributed by atoms with Crippen LogP contribution in [-0.4, -0.2) is 23.7 Å². The summed E-state index contributed by atoms with van der Waals surface area (Å²) in [5.74, 6) is 0. The van der Waals surface area contributed by atoms with Crippen molar-refractivity contribution in [2.75, 3.05) is 7.11 Å². The zero-order valence-corrected chi connectivity index (χ0v) is 8.91. The summed E-state index contributed by atoms with van der Waals surface area (Å²) in [4.78, 5) is -0.0807. The van der Waals surface area contributed by atoms with E-state index >= 15 is 0 Å². The molecule has 1 aliphatic carbocycles. The molecule has 78 valence electrons. The highest BCUT2D eigenvalue weighted by molar-refractivity contribution is 9.09. The monoisotopic (exact) mass is 260 g/mol. The highest BCUT2D eigenvalue weighted by Crippen LogP contribution is 2.45. The van der Waals surface area contributed by atoms with Gasteiger partial charge in [-0.1, -0.05) is 15.9 Å². The maximum atomic E-state index is 12.6. The van der Waals surface area contributed by atoms with E-state index in [1.807, 2.05) is 0 Å². The summed E-state index contributed by atoms with van der Waals surface area (Å²) in [6, 6.07) is 0. The van der Waals surface area contributed by atoms with Crippen molar-refractivity contribution >= 4 is 15.9 Å². The van der Waals surface area contributed by atoms with Crippen LogP contribution in [0.5, 0.6) is 0 Å². The molecule has 1 nitrogen and oxygen atoms in total. The van der Waals surface area contributed by atoms with Crippen LogP contribution in [0.2, 0.25) is 0 Å². The Labute approximate surface area is 83.8 Å². The Bertz CT molecular complexity index is 183. The summed E-state index contributed by atoms with van der Waals surface area (Å²) in [5.41, 5.74) is -1.92. The van der Waals surface area contributed by atoms with E-state index in [0.29, 0.717) is 6.42 Å². The number of ether oxygens (including phenoxy) is 1. The molecule has 0 saturated heterocycles. The molecule has 0 radical (unpaired) electrons. The van der Waals surface area contributed by atoms with E-state index in [4.69, 9.17) is 0 Å². The molecule has 0 amide bonds. The molecule has 0 heterocycles. The molecule has 2 unspecified atom stereocenters. The van der Waals surface area contributed by atoms with Gasteiger partial charge in [0.1, 0.15) is 0 Å². The standard InChI is InChI=1S/C8H12BrF3O/c1-13-7(8(10,11)12)4-2-3-6(9)5-7/h6H,2-5H2,1H3. The molecule has 1 rings (SSSR count). The second kappa shape index (κ2) is 3.77. The van der Waals surface area contributed by atoms with Crippen molar-refractivity contribution in [3.8, 4) is 0 Å². The van der Waals surface area contributed by atoms with Crippen molar-refractivity contribution in [3.05, 3.63) is 0 Å². The Morgan fingerprint density at radius 1 is 1.46 bits per heavy atom. The average molecular weight is 261 g/mol. The van der Waals surface area contributed by atoms with Crippen molar-refractivity contribution in [2.24, 2.45) is 0 Å². The average Bonchev–Trinajstić information content (AvgIpc) is 2.02. The van der Waals surface area contributed by atoms with Gasteiger partial charge in [-0.2, -0.15) is 13.2 Å². The molecule has 1 saturated carbocycles. The second-order valence-electron chi connectivity index (χ2n) is 3.39. The lowest BCUT2D eigenvalue weighted by Crippen LogP contribution is -2.50. The summed E-state index contributed by atoms with van der Waals surface area (Å²) in [6.45, 7) is 0. The number of hydrogen-bond donors (Lipinski definition) is 0. The molecule has 0 spiro atoms. The lowest BCUT2D eigenvalue weighted by atomic mass is 9.84. The van der Waals surface area contributed by atoms with Crippen LogP contribution in [-0.2, 0) is 4.74 Å². The number of alkyl halides is 4. The molecule has 0 aromatic carbocycles. The smallest absolute Gasteiger partial charge is 0.369 e. The number of methoxy groups -OCH3 is 1.